The van der Waals surface area contributed by atoms with Gasteiger partial charge in [0.2, 0.25) is 0 Å². The van der Waals surface area contributed by atoms with Crippen LogP contribution in [0.5, 0.6) is 0 Å². The van der Waals surface area contributed by atoms with Gasteiger partial charge in [0.25, 0.3) is 5.78 Å². The molecule has 0 bridgehead atoms. The van der Waals surface area contributed by atoms with E-state index in [4.69, 9.17) is 0 Å². The number of carbonyl (C=O) groups is 2. The highest BCUT2D eigenvalue weighted by atomic mass is 16.5. The van der Waals surface area contributed by atoms with Crippen LogP contribution >= 0.6 is 0 Å². The number of carbonyl (C=O) groups excluding carboxylic acids is 2. The number of allylic oxidation sites excluding steroid dienone is 1. The molecule has 1 aromatic carbocycles. The van der Waals surface area contributed by atoms with E-state index < -0.39 is 17.2 Å². The second kappa shape index (κ2) is 6.96. The first-order valence-corrected chi connectivity index (χ1v) is 7.68. The monoisotopic (exact) mass is 317 g/mol. The standard InChI is InChI=1S/C18H23NO4/c1-19(2)12-13-8-7-11-18(15(13)20,16(21)17(22)23-3)14-9-5-4-6-10-14/h4-6,9-10,20H,7-8,11-12H2,1-3H3/t18-/m0/s1. The molecular formula is C18H23NO4. The number of ether oxygens (including phenoxy) is 1. The number of methoxy groups -OCH3 is 1. The number of likely N-dealkylation sites (N-methyl/N-ethyl adjacent to an activating group) is 1. The van der Waals surface area contributed by atoms with E-state index >= 15 is 0 Å². The van der Waals surface area contributed by atoms with Crippen LogP contribution in [-0.4, -0.2) is 49.5 Å². The van der Waals surface area contributed by atoms with E-state index in [-0.39, 0.29) is 5.76 Å². The van der Waals surface area contributed by atoms with Gasteiger partial charge in [-0.2, -0.15) is 0 Å². The van der Waals surface area contributed by atoms with Crippen LogP contribution in [-0.2, 0) is 19.7 Å². The molecule has 0 fully saturated rings. The average Bonchev–Trinajstić information content (AvgIpc) is 2.56. The predicted molar refractivity (Wildman–Crippen MR) is 87.2 cm³/mol. The lowest BCUT2D eigenvalue weighted by molar-refractivity contribution is -0.154. The minimum atomic E-state index is -1.34. The van der Waals surface area contributed by atoms with Crippen LogP contribution in [0, 0.1) is 0 Å². The third-order valence-corrected chi connectivity index (χ3v) is 4.30. The first-order chi connectivity index (χ1) is 10.9. The lowest BCUT2D eigenvalue weighted by Gasteiger charge is -2.36. The molecule has 124 valence electrons. The molecule has 0 saturated heterocycles. The molecule has 5 heteroatoms. The molecule has 1 aromatic rings. The molecule has 0 unspecified atom stereocenters. The number of esters is 1. The Balaban J connectivity index is 2.63. The predicted octanol–water partition coefficient (Wildman–Crippen LogP) is 2.22. The largest absolute Gasteiger partial charge is 0.511 e. The number of hydrogen-bond donors (Lipinski definition) is 1. The van der Waals surface area contributed by atoms with Gasteiger partial charge in [-0.1, -0.05) is 30.3 Å². The average molecular weight is 317 g/mol. The summed E-state index contributed by atoms with van der Waals surface area (Å²) < 4.78 is 4.64. The molecule has 0 amide bonds. The van der Waals surface area contributed by atoms with Gasteiger partial charge in [-0.15, -0.1) is 0 Å². The molecule has 0 radical (unpaired) electrons. The number of aliphatic hydroxyl groups excluding tert-OH is 1. The van der Waals surface area contributed by atoms with E-state index in [0.717, 1.165) is 12.0 Å². The molecular weight excluding hydrogens is 294 g/mol. The molecule has 5 nitrogen and oxygen atoms in total. The zero-order chi connectivity index (χ0) is 17.0. The summed E-state index contributed by atoms with van der Waals surface area (Å²) in [5.74, 6) is -1.63. The maximum Gasteiger partial charge on any atom is 0.375 e. The van der Waals surface area contributed by atoms with Gasteiger partial charge in [0, 0.05) is 6.54 Å². The normalized spacial score (nSPS) is 21.4. The molecule has 0 aliphatic heterocycles. The van der Waals surface area contributed by atoms with Crippen molar-refractivity contribution in [2.75, 3.05) is 27.7 Å². The fourth-order valence-electron chi connectivity index (χ4n) is 3.26. The highest BCUT2D eigenvalue weighted by molar-refractivity contribution is 6.38. The van der Waals surface area contributed by atoms with Crippen LogP contribution in [0.25, 0.3) is 0 Å². The second-order valence-electron chi connectivity index (χ2n) is 6.14. The van der Waals surface area contributed by atoms with Gasteiger partial charge in [0.15, 0.2) is 0 Å². The smallest absolute Gasteiger partial charge is 0.375 e. The highest BCUT2D eigenvalue weighted by Crippen LogP contribution is 2.43. The SMILES string of the molecule is COC(=O)C(=O)[C@]1(c2ccccc2)CCCC(CN(C)C)=C1O. The molecule has 1 atom stereocenters. The number of Topliss-reactive ketones (excluding diaryl/α,β-unsaturated/α-hetero) is 1. The first kappa shape index (κ1) is 17.2. The maximum absolute atomic E-state index is 12.8. The summed E-state index contributed by atoms with van der Waals surface area (Å²) in [6.45, 7) is 0.550. The number of ketones is 1. The molecule has 0 heterocycles. The maximum atomic E-state index is 12.8. The number of rotatable bonds is 5. The molecule has 0 saturated carbocycles. The molecule has 1 aliphatic carbocycles. The van der Waals surface area contributed by atoms with Gasteiger partial charge in [0.05, 0.1) is 7.11 Å². The molecule has 2 rings (SSSR count). The Hall–Kier alpha value is -2.14. The zero-order valence-corrected chi connectivity index (χ0v) is 13.8. The minimum Gasteiger partial charge on any atom is -0.511 e. The summed E-state index contributed by atoms with van der Waals surface area (Å²) in [6, 6.07) is 8.99. The molecule has 1 N–H and O–H groups in total. The summed E-state index contributed by atoms with van der Waals surface area (Å²) in [4.78, 5) is 26.7. The Kier molecular flexibility index (Phi) is 5.21. The van der Waals surface area contributed by atoms with Crippen LogP contribution < -0.4 is 0 Å². The van der Waals surface area contributed by atoms with Crippen molar-refractivity contribution < 1.29 is 19.4 Å². The lowest BCUT2D eigenvalue weighted by atomic mass is 9.67. The molecule has 1 aliphatic rings. The number of nitrogens with zero attached hydrogens (tertiary/aromatic N) is 1. The van der Waals surface area contributed by atoms with E-state index in [1.54, 1.807) is 24.3 Å². The molecule has 0 spiro atoms. The van der Waals surface area contributed by atoms with Gasteiger partial charge in [-0.25, -0.2) is 4.79 Å². The number of benzene rings is 1. The summed E-state index contributed by atoms with van der Waals surface area (Å²) in [6.07, 6.45) is 1.84. The van der Waals surface area contributed by atoms with Gasteiger partial charge in [-0.3, -0.25) is 4.79 Å². The number of aliphatic hydroxyl groups is 1. The van der Waals surface area contributed by atoms with E-state index in [9.17, 15) is 14.7 Å². The topological polar surface area (TPSA) is 66.8 Å². The van der Waals surface area contributed by atoms with Crippen molar-refractivity contribution in [1.82, 2.24) is 4.90 Å². The fraction of sp³-hybridized carbons (Fsp3) is 0.444. The van der Waals surface area contributed by atoms with Gasteiger partial charge < -0.3 is 14.7 Å². The summed E-state index contributed by atoms with van der Waals surface area (Å²) in [5, 5.41) is 10.9. The summed E-state index contributed by atoms with van der Waals surface area (Å²) in [7, 11) is 4.99. The highest BCUT2D eigenvalue weighted by Gasteiger charge is 2.50. The number of hydrogen-bond acceptors (Lipinski definition) is 5. The van der Waals surface area contributed by atoms with Crippen LogP contribution in [0.4, 0.5) is 0 Å². The first-order valence-electron chi connectivity index (χ1n) is 7.68. The Labute approximate surface area is 136 Å². The summed E-state index contributed by atoms with van der Waals surface area (Å²) in [5.41, 5.74) is 0.0870. The Bertz CT molecular complexity index is 621. The quantitative estimate of drug-likeness (QED) is 0.666. The second-order valence-corrected chi connectivity index (χ2v) is 6.14. The van der Waals surface area contributed by atoms with Crippen molar-refractivity contribution in [3.63, 3.8) is 0 Å². The lowest BCUT2D eigenvalue weighted by Crippen LogP contribution is -2.45. The van der Waals surface area contributed by atoms with E-state index in [1.807, 2.05) is 25.1 Å². The van der Waals surface area contributed by atoms with E-state index in [0.29, 0.717) is 24.9 Å². The molecule has 23 heavy (non-hydrogen) atoms. The Morgan fingerprint density at radius 3 is 2.48 bits per heavy atom. The van der Waals surface area contributed by atoms with Crippen molar-refractivity contribution in [2.24, 2.45) is 0 Å². The van der Waals surface area contributed by atoms with Crippen LogP contribution in [0.3, 0.4) is 0 Å². The van der Waals surface area contributed by atoms with Gasteiger partial charge in [0.1, 0.15) is 11.2 Å². The summed E-state index contributed by atoms with van der Waals surface area (Å²) >= 11 is 0. The van der Waals surface area contributed by atoms with E-state index in [2.05, 4.69) is 4.74 Å². The van der Waals surface area contributed by atoms with Crippen molar-refractivity contribution in [3.05, 3.63) is 47.2 Å². The third-order valence-electron chi connectivity index (χ3n) is 4.30. The Morgan fingerprint density at radius 2 is 1.91 bits per heavy atom. The van der Waals surface area contributed by atoms with Crippen LogP contribution in [0.1, 0.15) is 24.8 Å². The van der Waals surface area contributed by atoms with Crippen molar-refractivity contribution in [2.45, 2.75) is 24.7 Å². The van der Waals surface area contributed by atoms with Crippen LogP contribution in [0.2, 0.25) is 0 Å². The third kappa shape index (κ3) is 3.15. The van der Waals surface area contributed by atoms with E-state index in [1.165, 1.54) is 7.11 Å². The van der Waals surface area contributed by atoms with Crippen molar-refractivity contribution in [3.8, 4) is 0 Å². The minimum absolute atomic E-state index is 0.000880. The fourth-order valence-corrected chi connectivity index (χ4v) is 3.26. The van der Waals surface area contributed by atoms with Crippen molar-refractivity contribution in [1.29, 1.82) is 0 Å². The zero-order valence-electron chi connectivity index (χ0n) is 13.8. The van der Waals surface area contributed by atoms with Gasteiger partial charge in [-0.05, 0) is 44.5 Å². The van der Waals surface area contributed by atoms with Crippen molar-refractivity contribution >= 4 is 11.8 Å². The van der Waals surface area contributed by atoms with Crippen LogP contribution in [0.15, 0.2) is 41.7 Å². The Morgan fingerprint density at radius 1 is 1.26 bits per heavy atom. The van der Waals surface area contributed by atoms with Gasteiger partial charge >= 0.3 is 5.97 Å². The molecule has 0 aromatic heterocycles.